The number of aliphatic hydroxyl groups excluding tert-OH is 1. The van der Waals surface area contributed by atoms with Gasteiger partial charge in [-0.1, -0.05) is 38.1 Å². The number of hydrogen-bond acceptors (Lipinski definition) is 3. The molecule has 0 aromatic heterocycles. The SMILES string of the molecule is CCNC(=NCC(C)(C)c1cccc(F)c1)NCC(O)c1ccc(OC)cc1.I. The first-order valence-corrected chi connectivity index (χ1v) is 9.46. The number of guanidine groups is 1. The lowest BCUT2D eigenvalue weighted by Gasteiger charge is -2.24. The van der Waals surface area contributed by atoms with E-state index in [2.05, 4.69) is 15.6 Å². The number of rotatable bonds is 8. The summed E-state index contributed by atoms with van der Waals surface area (Å²) in [5, 5.41) is 16.8. The molecule has 1 unspecified atom stereocenters. The summed E-state index contributed by atoms with van der Waals surface area (Å²) < 4.78 is 18.7. The number of nitrogens with zero attached hydrogens (tertiary/aromatic N) is 1. The van der Waals surface area contributed by atoms with Crippen LogP contribution in [0.25, 0.3) is 0 Å². The number of aliphatic imine (C=N–C) groups is 1. The summed E-state index contributed by atoms with van der Waals surface area (Å²) in [5.74, 6) is 1.11. The van der Waals surface area contributed by atoms with Gasteiger partial charge in [-0.3, -0.25) is 4.99 Å². The third kappa shape index (κ3) is 7.81. The van der Waals surface area contributed by atoms with E-state index in [4.69, 9.17) is 4.74 Å². The van der Waals surface area contributed by atoms with E-state index in [0.717, 1.165) is 16.9 Å². The maximum Gasteiger partial charge on any atom is 0.191 e. The minimum atomic E-state index is -0.675. The zero-order valence-electron chi connectivity index (χ0n) is 17.4. The van der Waals surface area contributed by atoms with Gasteiger partial charge in [-0.15, -0.1) is 24.0 Å². The van der Waals surface area contributed by atoms with Crippen molar-refractivity contribution in [3.63, 3.8) is 0 Å². The molecule has 2 rings (SSSR count). The molecule has 0 bridgehead atoms. The van der Waals surface area contributed by atoms with E-state index in [0.29, 0.717) is 25.6 Å². The first-order chi connectivity index (χ1) is 13.4. The summed E-state index contributed by atoms with van der Waals surface area (Å²) in [6, 6.07) is 13.9. The molecule has 0 radical (unpaired) electrons. The molecule has 0 fully saturated rings. The Balaban J connectivity index is 0.00000420. The summed E-state index contributed by atoms with van der Waals surface area (Å²) >= 11 is 0. The lowest BCUT2D eigenvalue weighted by Crippen LogP contribution is -2.40. The number of methoxy groups -OCH3 is 1. The molecule has 160 valence electrons. The van der Waals surface area contributed by atoms with Crippen LogP contribution < -0.4 is 15.4 Å². The van der Waals surface area contributed by atoms with Gasteiger partial charge in [0.05, 0.1) is 19.8 Å². The fraction of sp³-hybridized carbons (Fsp3) is 0.409. The van der Waals surface area contributed by atoms with E-state index in [1.54, 1.807) is 19.2 Å². The molecule has 0 aliphatic rings. The molecule has 2 aromatic carbocycles. The van der Waals surface area contributed by atoms with Crippen LogP contribution in [0.4, 0.5) is 4.39 Å². The number of nitrogens with one attached hydrogen (secondary N) is 2. The predicted molar refractivity (Wildman–Crippen MR) is 127 cm³/mol. The molecule has 0 spiro atoms. The van der Waals surface area contributed by atoms with E-state index < -0.39 is 6.10 Å². The average Bonchev–Trinajstić information content (AvgIpc) is 2.70. The van der Waals surface area contributed by atoms with Crippen LogP contribution in [0.5, 0.6) is 5.75 Å². The van der Waals surface area contributed by atoms with Crippen LogP contribution >= 0.6 is 24.0 Å². The predicted octanol–water partition coefficient (Wildman–Crippen LogP) is 4.02. The second-order valence-electron chi connectivity index (χ2n) is 7.26. The molecule has 7 heteroatoms. The Morgan fingerprint density at radius 1 is 1.17 bits per heavy atom. The van der Waals surface area contributed by atoms with Crippen LogP contribution in [0.1, 0.15) is 38.0 Å². The number of ether oxygens (including phenoxy) is 1. The zero-order valence-corrected chi connectivity index (χ0v) is 19.7. The van der Waals surface area contributed by atoms with Crippen LogP contribution in [0, 0.1) is 5.82 Å². The van der Waals surface area contributed by atoms with Crippen molar-refractivity contribution < 1.29 is 14.2 Å². The summed E-state index contributed by atoms with van der Waals surface area (Å²) in [4.78, 5) is 4.63. The maximum absolute atomic E-state index is 13.5. The average molecular weight is 515 g/mol. The molecule has 2 aromatic rings. The minimum absolute atomic E-state index is 0. The highest BCUT2D eigenvalue weighted by molar-refractivity contribution is 14.0. The quantitative estimate of drug-likeness (QED) is 0.283. The molecule has 29 heavy (non-hydrogen) atoms. The molecular formula is C22H31FIN3O2. The minimum Gasteiger partial charge on any atom is -0.497 e. The van der Waals surface area contributed by atoms with Crippen molar-refractivity contribution in [3.8, 4) is 5.75 Å². The fourth-order valence-electron chi connectivity index (χ4n) is 2.76. The number of benzene rings is 2. The van der Waals surface area contributed by atoms with E-state index in [9.17, 15) is 9.50 Å². The van der Waals surface area contributed by atoms with E-state index >= 15 is 0 Å². The maximum atomic E-state index is 13.5. The summed E-state index contributed by atoms with van der Waals surface area (Å²) in [6.45, 7) is 7.53. The molecule has 0 aliphatic carbocycles. The van der Waals surface area contributed by atoms with Crippen molar-refractivity contribution in [3.05, 3.63) is 65.5 Å². The van der Waals surface area contributed by atoms with Gasteiger partial charge in [0.25, 0.3) is 0 Å². The Labute approximate surface area is 189 Å². The van der Waals surface area contributed by atoms with Gasteiger partial charge in [-0.2, -0.15) is 0 Å². The zero-order chi connectivity index (χ0) is 20.6. The number of hydrogen-bond donors (Lipinski definition) is 3. The van der Waals surface area contributed by atoms with Crippen molar-refractivity contribution in [1.29, 1.82) is 0 Å². The van der Waals surface area contributed by atoms with Gasteiger partial charge in [-0.05, 0) is 42.3 Å². The van der Waals surface area contributed by atoms with Crippen molar-refractivity contribution in [1.82, 2.24) is 10.6 Å². The lowest BCUT2D eigenvalue weighted by atomic mass is 9.85. The standard InChI is InChI=1S/C22H30FN3O2.HI/c1-5-24-21(25-14-20(27)16-9-11-19(28-4)12-10-16)26-15-22(2,3)17-7-6-8-18(23)13-17;/h6-13,20,27H,5,14-15H2,1-4H3,(H2,24,25,26);1H. The van der Waals surface area contributed by atoms with Crippen molar-refractivity contribution in [2.75, 3.05) is 26.7 Å². The molecule has 0 aliphatic heterocycles. The van der Waals surface area contributed by atoms with Gasteiger partial charge >= 0.3 is 0 Å². The molecule has 0 amide bonds. The number of halogens is 2. The van der Waals surface area contributed by atoms with Crippen molar-refractivity contribution in [2.45, 2.75) is 32.3 Å². The molecular weight excluding hydrogens is 484 g/mol. The van der Waals surface area contributed by atoms with Crippen LogP contribution in [0.15, 0.2) is 53.5 Å². The summed E-state index contributed by atoms with van der Waals surface area (Å²) in [5.41, 5.74) is 1.37. The third-order valence-electron chi connectivity index (χ3n) is 4.55. The smallest absolute Gasteiger partial charge is 0.191 e. The molecule has 1 atom stereocenters. The van der Waals surface area contributed by atoms with Crippen LogP contribution in [-0.2, 0) is 5.41 Å². The highest BCUT2D eigenvalue weighted by Gasteiger charge is 2.21. The van der Waals surface area contributed by atoms with Gasteiger partial charge in [0.15, 0.2) is 5.96 Å². The Morgan fingerprint density at radius 3 is 2.45 bits per heavy atom. The Kier molecular flexibility index (Phi) is 10.4. The van der Waals surface area contributed by atoms with E-state index in [1.165, 1.54) is 6.07 Å². The van der Waals surface area contributed by atoms with Gasteiger partial charge in [0.1, 0.15) is 11.6 Å². The molecule has 5 nitrogen and oxygen atoms in total. The highest BCUT2D eigenvalue weighted by Crippen LogP contribution is 2.24. The summed E-state index contributed by atoms with van der Waals surface area (Å²) in [7, 11) is 1.61. The summed E-state index contributed by atoms with van der Waals surface area (Å²) in [6.07, 6.45) is -0.675. The normalized spacial score (nSPS) is 12.7. The topological polar surface area (TPSA) is 65.9 Å². The Hall–Kier alpha value is -1.87. The Morgan fingerprint density at radius 2 is 1.86 bits per heavy atom. The second-order valence-corrected chi connectivity index (χ2v) is 7.26. The van der Waals surface area contributed by atoms with Gasteiger partial charge in [0, 0.05) is 18.5 Å². The molecule has 3 N–H and O–H groups in total. The first-order valence-electron chi connectivity index (χ1n) is 9.46. The van der Waals surface area contributed by atoms with E-state index in [1.807, 2.05) is 51.1 Å². The van der Waals surface area contributed by atoms with Crippen LogP contribution in [0.3, 0.4) is 0 Å². The van der Waals surface area contributed by atoms with E-state index in [-0.39, 0.29) is 35.2 Å². The third-order valence-corrected chi connectivity index (χ3v) is 4.55. The van der Waals surface area contributed by atoms with Crippen LogP contribution in [0.2, 0.25) is 0 Å². The van der Waals surface area contributed by atoms with Gasteiger partial charge in [0.2, 0.25) is 0 Å². The molecule has 0 saturated heterocycles. The van der Waals surface area contributed by atoms with Crippen molar-refractivity contribution >= 4 is 29.9 Å². The van der Waals surface area contributed by atoms with Crippen molar-refractivity contribution in [2.24, 2.45) is 4.99 Å². The molecule has 0 saturated carbocycles. The lowest BCUT2D eigenvalue weighted by molar-refractivity contribution is 0.180. The number of aliphatic hydroxyl groups is 1. The van der Waals surface area contributed by atoms with Crippen LogP contribution in [-0.4, -0.2) is 37.8 Å². The second kappa shape index (κ2) is 12.0. The van der Waals surface area contributed by atoms with Gasteiger partial charge in [-0.25, -0.2) is 4.39 Å². The first kappa shape index (κ1) is 25.2. The monoisotopic (exact) mass is 515 g/mol. The Bertz CT molecular complexity index is 782. The molecule has 0 heterocycles. The van der Waals surface area contributed by atoms with Gasteiger partial charge < -0.3 is 20.5 Å². The fourth-order valence-corrected chi connectivity index (χ4v) is 2.76. The highest BCUT2D eigenvalue weighted by atomic mass is 127. The largest absolute Gasteiger partial charge is 0.497 e.